The zero-order valence-electron chi connectivity index (χ0n) is 47.7. The number of ether oxygens (including phenoxy) is 1. The fourth-order valence-corrected chi connectivity index (χ4v) is 8.52. The lowest BCUT2D eigenvalue weighted by atomic mass is 10.0. The molecule has 32 heteroatoms. The van der Waals surface area contributed by atoms with Crippen molar-refractivity contribution in [2.75, 3.05) is 38.7 Å². The number of rotatable bonds is 26. The number of hydrogen-bond donors (Lipinski definition) is 18. The van der Waals surface area contributed by atoms with Crippen molar-refractivity contribution >= 4 is 82.7 Å². The van der Waals surface area contributed by atoms with E-state index in [0.717, 1.165) is 38.2 Å². The lowest BCUT2D eigenvalue weighted by molar-refractivity contribution is -0.155. The molecule has 11 atom stereocenters. The first kappa shape index (κ1) is 73.6. The predicted molar refractivity (Wildman–Crippen MR) is 306 cm³/mol. The van der Waals surface area contributed by atoms with Crippen molar-refractivity contribution < 1.29 is 83.0 Å². The molecule has 476 valence electrons. The summed E-state index contributed by atoms with van der Waals surface area (Å²) in [5.74, 6) is -15.6. The van der Waals surface area contributed by atoms with E-state index in [1.54, 1.807) is 30.3 Å². The molecular formula is C53H85ClN14O17. The molecule has 0 aromatic heterocycles. The Kier molecular flexibility index (Phi) is 34.5. The molecule has 31 nitrogen and oxygen atoms in total. The summed E-state index contributed by atoms with van der Waals surface area (Å²) in [5, 5.41) is 73.4. The molecular weight excluding hydrogens is 1140 g/mol. The minimum Gasteiger partial charge on any atom is -0.479 e. The molecule has 1 aromatic carbocycles. The highest BCUT2D eigenvalue weighted by molar-refractivity contribution is 6.18. The summed E-state index contributed by atoms with van der Waals surface area (Å²) in [6.45, 7) is 0.672. The lowest BCUT2D eigenvalue weighted by Crippen LogP contribution is -2.62. The summed E-state index contributed by atoms with van der Waals surface area (Å²) in [6, 6.07) is -6.91. The molecule has 22 N–H and O–H groups in total. The van der Waals surface area contributed by atoms with Crippen LogP contribution in [0.2, 0.25) is 0 Å². The Labute approximate surface area is 496 Å². The fraction of sp³-hybridized carbons (Fsp3) is 0.623. The molecule has 0 radical (unpaired) electrons. The van der Waals surface area contributed by atoms with Crippen molar-refractivity contribution in [1.29, 1.82) is 0 Å². The molecule has 1 saturated heterocycles. The number of guanidine groups is 1. The van der Waals surface area contributed by atoms with E-state index in [-0.39, 0.29) is 70.5 Å². The topological polar surface area (TPSA) is 523 Å². The van der Waals surface area contributed by atoms with Crippen LogP contribution in [0.1, 0.15) is 103 Å². The number of amides is 9. The number of esters is 1. The number of aliphatic hydroxyl groups is 4. The number of nitrogens with zero attached hydrogens (tertiary/aromatic N) is 1. The molecule has 1 fully saturated rings. The van der Waals surface area contributed by atoms with Gasteiger partial charge < -0.3 is 101 Å². The summed E-state index contributed by atoms with van der Waals surface area (Å²) in [7, 11) is 0. The number of unbranched alkanes of at least 4 members (excludes halogenated alkanes) is 5. The number of nitrogens with one attached hydrogen (secondary N) is 9. The van der Waals surface area contributed by atoms with Crippen molar-refractivity contribution in [2.24, 2.45) is 27.9 Å². The van der Waals surface area contributed by atoms with Crippen LogP contribution in [0.25, 0.3) is 0 Å². The molecule has 9 amide bonds. The monoisotopic (exact) mass is 1220 g/mol. The van der Waals surface area contributed by atoms with Crippen LogP contribution >= 0.6 is 11.6 Å². The van der Waals surface area contributed by atoms with E-state index in [2.05, 4.69) is 49.1 Å². The maximum absolute atomic E-state index is 14.4. The number of nitrogens with two attached hydrogens (primary N) is 4. The minimum atomic E-state index is -2.81. The Bertz CT molecular complexity index is 2440. The third-order valence-electron chi connectivity index (χ3n) is 13.0. The van der Waals surface area contributed by atoms with Crippen LogP contribution in [-0.2, 0) is 63.9 Å². The van der Waals surface area contributed by atoms with E-state index in [4.69, 9.17) is 39.3 Å². The van der Waals surface area contributed by atoms with Gasteiger partial charge in [-0.25, -0.2) is 9.59 Å². The molecule has 0 saturated carbocycles. The van der Waals surface area contributed by atoms with Gasteiger partial charge in [-0.05, 0) is 57.2 Å². The maximum atomic E-state index is 14.4. The standard InChI is InChI=1S/C53H85ClN14O17/c1-3-5-6-7-8-12-17-30(70)25-39(72)60-37-28-85-52(84)40(38(71)26-54)67-50(81)41(42(73)51(82)83)68-46(77)31(14-4-2)61-47(78)35(24-29-15-10-9-11-16-29)65-43(74)32(18-13-23-59-53(57)58)62-44(75)33(19-21-55)63-45(76)34(20-22-56)64-48(79)36(27-69)66-49(37)80/h9-11,14-16,30,32-38,40-42,69-71,73H,3-8,12-13,17-28,55-56H2,1-2H3,(H,60,72)(H,61,78)(H,62,75)(H,63,76)(H,64,79)(H,65,74)(H,66,80)(H,67,81)(H,68,77)(H,82,83)(H4,57,58,59). The van der Waals surface area contributed by atoms with E-state index < -0.39 is 163 Å². The van der Waals surface area contributed by atoms with Crippen molar-refractivity contribution in [3.05, 3.63) is 47.7 Å². The zero-order valence-corrected chi connectivity index (χ0v) is 48.5. The number of hydrogen-bond acceptors (Lipinski definition) is 19. The summed E-state index contributed by atoms with van der Waals surface area (Å²) in [5.41, 5.74) is 22.5. The molecule has 0 bridgehead atoms. The smallest absolute Gasteiger partial charge is 0.335 e. The largest absolute Gasteiger partial charge is 0.479 e. The van der Waals surface area contributed by atoms with Crippen LogP contribution in [0.4, 0.5) is 0 Å². The highest BCUT2D eigenvalue weighted by Crippen LogP contribution is 2.13. The second kappa shape index (κ2) is 39.9. The van der Waals surface area contributed by atoms with Crippen LogP contribution in [0, 0.1) is 0 Å². The summed E-state index contributed by atoms with van der Waals surface area (Å²) in [4.78, 5) is 156. The molecule has 0 aliphatic carbocycles. The van der Waals surface area contributed by atoms with Gasteiger partial charge in [0.2, 0.25) is 47.3 Å². The third kappa shape index (κ3) is 26.9. The Balaban J connectivity index is 2.85. The first-order valence-electron chi connectivity index (χ1n) is 28.0. The molecule has 11 unspecified atom stereocenters. The van der Waals surface area contributed by atoms with Gasteiger partial charge in [0.05, 0.1) is 31.1 Å². The highest BCUT2D eigenvalue weighted by Gasteiger charge is 2.40. The quantitative estimate of drug-likeness (QED) is 0.0103. The minimum absolute atomic E-state index is 0.0173. The average Bonchev–Trinajstić information content (AvgIpc) is 3.59. The van der Waals surface area contributed by atoms with Gasteiger partial charge in [-0.15, -0.1) is 11.6 Å². The number of benzene rings is 1. The zero-order chi connectivity index (χ0) is 63.6. The van der Waals surface area contributed by atoms with E-state index >= 15 is 0 Å². The van der Waals surface area contributed by atoms with Crippen LogP contribution in [0.5, 0.6) is 0 Å². The number of alkyl halides is 1. The number of aliphatic imine (C=N–C) groups is 1. The highest BCUT2D eigenvalue weighted by atomic mass is 35.5. The van der Waals surface area contributed by atoms with Crippen LogP contribution in [0.3, 0.4) is 0 Å². The van der Waals surface area contributed by atoms with Gasteiger partial charge in [0.15, 0.2) is 18.1 Å². The fourth-order valence-electron chi connectivity index (χ4n) is 8.34. The molecule has 1 aliphatic heterocycles. The normalized spacial score (nSPS) is 23.7. The summed E-state index contributed by atoms with van der Waals surface area (Å²) < 4.78 is 5.28. The number of carbonyl (C=O) groups is 11. The van der Waals surface area contributed by atoms with Gasteiger partial charge in [0, 0.05) is 13.0 Å². The van der Waals surface area contributed by atoms with E-state index in [1.165, 1.54) is 6.92 Å². The Hall–Kier alpha value is -7.55. The number of aliphatic carboxylic acids is 1. The van der Waals surface area contributed by atoms with Gasteiger partial charge in [-0.1, -0.05) is 88.8 Å². The van der Waals surface area contributed by atoms with Gasteiger partial charge in [-0.3, -0.25) is 48.1 Å². The first-order valence-corrected chi connectivity index (χ1v) is 28.5. The SMILES string of the molecule is CCC=C1NC(=O)C(Cc2ccccc2)NC(=O)C(CCCN=C(N)N)NC(=O)C(CCN)NC(=O)C(CCN)NC(=O)C(CO)NC(=O)C(NC(=O)CC(O)CCCCCCCC)COC(=O)C(C(O)CCl)NC(=O)C(C(O)C(=O)O)NC1=O. The summed E-state index contributed by atoms with van der Waals surface area (Å²) >= 11 is 5.89. The second-order valence-corrected chi connectivity index (χ2v) is 20.2. The lowest BCUT2D eigenvalue weighted by Gasteiger charge is -2.28. The Morgan fingerprint density at radius 2 is 1.26 bits per heavy atom. The van der Waals surface area contributed by atoms with Crippen LogP contribution in [-0.4, -0.2) is 202 Å². The summed E-state index contributed by atoms with van der Waals surface area (Å²) in [6.07, 6.45) is -1.24. The van der Waals surface area contributed by atoms with E-state index in [9.17, 15) is 78.3 Å². The Morgan fingerprint density at radius 3 is 1.80 bits per heavy atom. The molecule has 0 spiro atoms. The number of carboxylic acids is 1. The van der Waals surface area contributed by atoms with Gasteiger partial charge in [0.25, 0.3) is 5.91 Å². The molecule has 1 aromatic rings. The first-order chi connectivity index (χ1) is 40.4. The van der Waals surface area contributed by atoms with E-state index in [0.29, 0.717) is 12.0 Å². The number of carbonyl (C=O) groups excluding carboxylic acids is 10. The van der Waals surface area contributed by atoms with E-state index in [1.807, 2.05) is 10.6 Å². The molecule has 1 heterocycles. The van der Waals surface area contributed by atoms with Crippen LogP contribution < -0.4 is 70.8 Å². The molecule has 2 rings (SSSR count). The van der Waals surface area contributed by atoms with Crippen molar-refractivity contribution in [1.82, 2.24) is 47.9 Å². The van der Waals surface area contributed by atoms with Crippen molar-refractivity contribution in [3.8, 4) is 0 Å². The predicted octanol–water partition coefficient (Wildman–Crippen LogP) is -5.64. The second-order valence-electron chi connectivity index (χ2n) is 19.9. The van der Waals surface area contributed by atoms with Gasteiger partial charge >= 0.3 is 11.9 Å². The Morgan fingerprint density at radius 1 is 0.706 bits per heavy atom. The number of halogens is 1. The van der Waals surface area contributed by atoms with Crippen molar-refractivity contribution in [3.63, 3.8) is 0 Å². The van der Waals surface area contributed by atoms with Crippen LogP contribution in [0.15, 0.2) is 47.1 Å². The number of aliphatic hydroxyl groups excluding tert-OH is 4. The molecule has 1 aliphatic rings. The third-order valence-corrected chi connectivity index (χ3v) is 13.3. The van der Waals surface area contributed by atoms with Crippen molar-refractivity contribution in [2.45, 2.75) is 170 Å². The molecule has 85 heavy (non-hydrogen) atoms. The number of cyclic esters (lactones) is 1. The number of allylic oxidation sites excluding steroid dienone is 1. The van der Waals surface area contributed by atoms with Gasteiger partial charge in [0.1, 0.15) is 54.6 Å². The maximum Gasteiger partial charge on any atom is 0.335 e. The number of carboxylic acid groups (broad SMARTS) is 1. The average molecular weight is 1230 g/mol. The van der Waals surface area contributed by atoms with Gasteiger partial charge in [-0.2, -0.15) is 0 Å².